The number of fused-ring (bicyclic) bond motifs is 6. The average molecular weight is 726 g/mol. The molecule has 0 radical (unpaired) electrons. The second-order valence-corrected chi connectivity index (χ2v) is 15.5. The lowest BCUT2D eigenvalue weighted by molar-refractivity contribution is 0.775. The first-order valence-corrected chi connectivity index (χ1v) is 20.0. The van der Waals surface area contributed by atoms with Gasteiger partial charge in [0, 0.05) is 10.9 Å². The minimum atomic E-state index is 0.397. The molecule has 9 aromatic carbocycles. The average Bonchev–Trinajstić information content (AvgIpc) is 3.28. The maximum Gasteiger partial charge on any atom is 0.0722 e. The van der Waals surface area contributed by atoms with Crippen molar-refractivity contribution in [3.8, 4) is 55.8 Å². The van der Waals surface area contributed by atoms with Gasteiger partial charge < -0.3 is 0 Å². The van der Waals surface area contributed by atoms with Crippen LogP contribution in [-0.2, 0) is 0 Å². The van der Waals surface area contributed by atoms with Crippen LogP contribution in [0.15, 0.2) is 194 Å². The van der Waals surface area contributed by atoms with E-state index in [4.69, 9.17) is 4.98 Å². The van der Waals surface area contributed by atoms with Gasteiger partial charge in [-0.25, -0.2) is 4.98 Å². The van der Waals surface area contributed by atoms with Crippen molar-refractivity contribution < 1.29 is 0 Å². The Morgan fingerprint density at radius 3 is 1.89 bits per heavy atom. The van der Waals surface area contributed by atoms with E-state index >= 15 is 0 Å². The molecule has 268 valence electrons. The van der Waals surface area contributed by atoms with Crippen LogP contribution in [0.2, 0.25) is 0 Å². The number of hydrogen-bond donors (Lipinski definition) is 0. The highest BCUT2D eigenvalue weighted by atomic mass is 14.7. The Morgan fingerprint density at radius 2 is 1.07 bits per heavy atom. The molecular weight excluding hydrogens is 687 g/mol. The van der Waals surface area contributed by atoms with Gasteiger partial charge in [-0.1, -0.05) is 183 Å². The zero-order chi connectivity index (χ0) is 37.9. The van der Waals surface area contributed by atoms with E-state index in [9.17, 15) is 0 Å². The van der Waals surface area contributed by atoms with Gasteiger partial charge in [-0.3, -0.25) is 0 Å². The molecule has 11 rings (SSSR count). The smallest absolute Gasteiger partial charge is 0.0722 e. The van der Waals surface area contributed by atoms with E-state index < -0.39 is 0 Å². The summed E-state index contributed by atoms with van der Waals surface area (Å²) in [4.78, 5) is 5.29. The van der Waals surface area contributed by atoms with Gasteiger partial charge in [-0.15, -0.1) is 0 Å². The highest BCUT2D eigenvalue weighted by molar-refractivity contribution is 6.14. The summed E-state index contributed by atoms with van der Waals surface area (Å²) in [6, 6.07) is 68.7. The molecule has 0 aliphatic heterocycles. The highest BCUT2D eigenvalue weighted by Gasteiger charge is 2.25. The maximum atomic E-state index is 5.29. The van der Waals surface area contributed by atoms with Crippen LogP contribution in [0.1, 0.15) is 30.4 Å². The zero-order valence-corrected chi connectivity index (χ0v) is 31.8. The Morgan fingerprint density at radius 1 is 0.439 bits per heavy atom. The molecule has 57 heavy (non-hydrogen) atoms. The molecule has 0 spiro atoms. The van der Waals surface area contributed by atoms with Crippen molar-refractivity contribution in [1.82, 2.24) is 4.98 Å². The van der Waals surface area contributed by atoms with Crippen LogP contribution in [0.5, 0.6) is 0 Å². The predicted octanol–water partition coefficient (Wildman–Crippen LogP) is 15.5. The number of aromatic nitrogens is 1. The molecule has 1 heterocycles. The molecule has 0 amide bonds. The van der Waals surface area contributed by atoms with Gasteiger partial charge in [0.1, 0.15) is 0 Å². The molecule has 0 saturated heterocycles. The molecule has 1 unspecified atom stereocenters. The van der Waals surface area contributed by atoms with Crippen molar-refractivity contribution in [1.29, 1.82) is 0 Å². The van der Waals surface area contributed by atoms with Gasteiger partial charge in [0.2, 0.25) is 0 Å². The van der Waals surface area contributed by atoms with Crippen molar-refractivity contribution in [2.45, 2.75) is 19.3 Å². The van der Waals surface area contributed by atoms with Gasteiger partial charge >= 0.3 is 0 Å². The molecule has 0 bridgehead atoms. The van der Waals surface area contributed by atoms with Crippen LogP contribution in [0.3, 0.4) is 0 Å². The number of pyridine rings is 1. The summed E-state index contributed by atoms with van der Waals surface area (Å²) in [6.45, 7) is 2.39. The molecule has 1 atom stereocenters. The minimum absolute atomic E-state index is 0.397. The lowest BCUT2D eigenvalue weighted by Crippen LogP contribution is -2.06. The van der Waals surface area contributed by atoms with Crippen molar-refractivity contribution in [2.24, 2.45) is 0 Å². The number of hydrogen-bond acceptors (Lipinski definition) is 1. The standard InChI is InChI=1S/C56H39N/c1-36-13-11-24-49-53(36)55(48-23-10-9-22-47(48)54(49)45-30-27-37-14-5-6-18-42(37)34-45)41-28-25-38(26-29-41)43-19-12-20-44(33-43)52-35-50(39-15-3-2-4-16-39)56-46-21-8-7-17-40(46)31-32-51(56)57-52/h2-12,14-36H,13H2,1H3. The van der Waals surface area contributed by atoms with E-state index in [-0.39, 0.29) is 0 Å². The molecule has 0 saturated carbocycles. The largest absolute Gasteiger partial charge is 0.248 e. The van der Waals surface area contributed by atoms with E-state index in [1.54, 1.807) is 0 Å². The first kappa shape index (κ1) is 33.3. The summed E-state index contributed by atoms with van der Waals surface area (Å²) < 4.78 is 0. The Balaban J connectivity index is 1.02. The third kappa shape index (κ3) is 5.66. The van der Waals surface area contributed by atoms with Gasteiger partial charge in [0.25, 0.3) is 0 Å². The molecule has 1 aromatic heterocycles. The highest BCUT2D eigenvalue weighted by Crippen LogP contribution is 2.48. The van der Waals surface area contributed by atoms with E-state index in [1.807, 2.05) is 0 Å². The Hall–Kier alpha value is -7.09. The van der Waals surface area contributed by atoms with Crippen LogP contribution in [-0.4, -0.2) is 4.98 Å². The molecule has 10 aromatic rings. The Labute approximate surface area is 333 Å². The fraction of sp³-hybridized carbons (Fsp3) is 0.0536. The number of rotatable bonds is 5. The van der Waals surface area contributed by atoms with E-state index in [0.29, 0.717) is 5.92 Å². The molecule has 1 aliphatic carbocycles. The fourth-order valence-corrected chi connectivity index (χ4v) is 9.33. The second kappa shape index (κ2) is 13.6. The zero-order valence-electron chi connectivity index (χ0n) is 31.8. The number of benzene rings is 9. The third-order valence-electron chi connectivity index (χ3n) is 12.0. The Bertz CT molecular complexity index is 3210. The number of nitrogens with zero attached hydrogens (tertiary/aromatic N) is 1. The SMILES string of the molecule is CC1CC=Cc2c1c(-c1ccc(-c3cccc(-c4cc(-c5ccccc5)c5c(ccc6ccccc65)n4)c3)cc1)c1ccccc1c2-c1ccc2ccccc2c1. The third-order valence-corrected chi connectivity index (χ3v) is 12.0. The fourth-order valence-electron chi connectivity index (χ4n) is 9.33. The quantitative estimate of drug-likeness (QED) is 0.161. The van der Waals surface area contributed by atoms with E-state index in [2.05, 4.69) is 207 Å². The van der Waals surface area contributed by atoms with Crippen LogP contribution in [0.25, 0.3) is 105 Å². The maximum absolute atomic E-state index is 5.29. The molecule has 1 heteroatoms. The normalized spacial score (nSPS) is 13.7. The van der Waals surface area contributed by atoms with Crippen LogP contribution in [0.4, 0.5) is 0 Å². The van der Waals surface area contributed by atoms with Crippen LogP contribution >= 0.6 is 0 Å². The van der Waals surface area contributed by atoms with Gasteiger partial charge in [-0.2, -0.15) is 0 Å². The summed E-state index contributed by atoms with van der Waals surface area (Å²) in [5, 5.41) is 8.78. The van der Waals surface area contributed by atoms with Crippen molar-refractivity contribution in [3.63, 3.8) is 0 Å². The lowest BCUT2D eigenvalue weighted by atomic mass is 9.76. The number of allylic oxidation sites excluding steroid dienone is 1. The van der Waals surface area contributed by atoms with Crippen molar-refractivity contribution in [3.05, 3.63) is 205 Å². The topological polar surface area (TPSA) is 12.9 Å². The molecule has 1 aliphatic rings. The summed E-state index contributed by atoms with van der Waals surface area (Å²) >= 11 is 0. The summed E-state index contributed by atoms with van der Waals surface area (Å²) in [6.07, 6.45) is 5.77. The molecule has 1 nitrogen and oxygen atoms in total. The van der Waals surface area contributed by atoms with Gasteiger partial charge in [0.15, 0.2) is 0 Å². The van der Waals surface area contributed by atoms with Crippen LogP contribution < -0.4 is 0 Å². The predicted molar refractivity (Wildman–Crippen MR) is 244 cm³/mol. The first-order chi connectivity index (χ1) is 28.2. The van der Waals surface area contributed by atoms with Crippen LogP contribution in [0, 0.1) is 0 Å². The van der Waals surface area contributed by atoms with Crippen molar-refractivity contribution >= 4 is 49.3 Å². The van der Waals surface area contributed by atoms with Crippen molar-refractivity contribution in [2.75, 3.05) is 0 Å². The lowest BCUT2D eigenvalue weighted by Gasteiger charge is -2.27. The van der Waals surface area contributed by atoms with E-state index in [0.717, 1.165) is 23.2 Å². The second-order valence-electron chi connectivity index (χ2n) is 15.5. The minimum Gasteiger partial charge on any atom is -0.248 e. The summed E-state index contributed by atoms with van der Waals surface area (Å²) in [5.74, 6) is 0.397. The summed E-state index contributed by atoms with van der Waals surface area (Å²) in [5.41, 5.74) is 15.8. The monoisotopic (exact) mass is 725 g/mol. The van der Waals surface area contributed by atoms with E-state index in [1.165, 1.54) is 93.3 Å². The Kier molecular flexibility index (Phi) is 7.93. The van der Waals surface area contributed by atoms with Gasteiger partial charge in [0.05, 0.1) is 11.2 Å². The van der Waals surface area contributed by atoms with Gasteiger partial charge in [-0.05, 0) is 125 Å². The first-order valence-electron chi connectivity index (χ1n) is 20.0. The molecular formula is C56H39N. The summed E-state index contributed by atoms with van der Waals surface area (Å²) in [7, 11) is 0. The molecule has 0 fully saturated rings. The molecule has 0 N–H and O–H groups in total.